The lowest BCUT2D eigenvalue weighted by molar-refractivity contribution is -0.133. The van der Waals surface area contributed by atoms with Crippen LogP contribution in [-0.4, -0.2) is 23.5 Å². The van der Waals surface area contributed by atoms with E-state index in [0.717, 1.165) is 0 Å². The molecule has 0 radical (unpaired) electrons. The highest BCUT2D eigenvalue weighted by Gasteiger charge is 2.64. The van der Waals surface area contributed by atoms with Crippen LogP contribution in [0.5, 0.6) is 0 Å². The molecular weight excluding hydrogens is 230 g/mol. The molecule has 1 fully saturated rings. The van der Waals surface area contributed by atoms with Crippen molar-refractivity contribution < 1.29 is 14.7 Å². The van der Waals surface area contributed by atoms with E-state index in [1.165, 1.54) is 6.92 Å². The summed E-state index contributed by atoms with van der Waals surface area (Å²) in [4.78, 5) is 22.6. The molecule has 1 amide bonds. The molecule has 2 N–H and O–H groups in total. The highest BCUT2D eigenvalue weighted by molar-refractivity contribution is 6.01. The van der Waals surface area contributed by atoms with Crippen LogP contribution in [0.1, 0.15) is 41.5 Å². The molecule has 0 bridgehead atoms. The Hall–Kier alpha value is -1.32. The van der Waals surface area contributed by atoms with Crippen LogP contribution in [0.4, 0.5) is 0 Å². The van der Waals surface area contributed by atoms with Crippen molar-refractivity contribution in [3.05, 3.63) is 11.1 Å². The van der Waals surface area contributed by atoms with Gasteiger partial charge < -0.3 is 10.4 Å². The van der Waals surface area contributed by atoms with Gasteiger partial charge in [-0.05, 0) is 30.6 Å². The Bertz CT molecular complexity index is 405. The van der Waals surface area contributed by atoms with Gasteiger partial charge in [0.1, 0.15) is 0 Å². The lowest BCUT2D eigenvalue weighted by Crippen LogP contribution is -2.28. The van der Waals surface area contributed by atoms with Crippen LogP contribution in [0.2, 0.25) is 0 Å². The molecule has 0 saturated heterocycles. The van der Waals surface area contributed by atoms with Crippen molar-refractivity contribution >= 4 is 11.9 Å². The number of carboxylic acids is 1. The van der Waals surface area contributed by atoms with Gasteiger partial charge in [0.25, 0.3) is 0 Å². The van der Waals surface area contributed by atoms with E-state index in [-0.39, 0.29) is 27.9 Å². The lowest BCUT2D eigenvalue weighted by Gasteiger charge is -2.08. The fourth-order valence-electron chi connectivity index (χ4n) is 2.50. The number of amides is 1. The first-order valence-corrected chi connectivity index (χ1v) is 6.22. The summed E-state index contributed by atoms with van der Waals surface area (Å²) in [6.07, 6.45) is 0. The zero-order valence-corrected chi connectivity index (χ0v) is 12.0. The Balaban J connectivity index is 2.60. The second kappa shape index (κ2) is 4.41. The first-order valence-electron chi connectivity index (χ1n) is 6.22. The second-order valence-corrected chi connectivity index (χ2v) is 6.26. The van der Waals surface area contributed by atoms with Crippen LogP contribution in [0.15, 0.2) is 11.1 Å². The molecule has 0 spiro atoms. The zero-order chi connectivity index (χ0) is 14.3. The Morgan fingerprint density at radius 1 is 1.06 bits per heavy atom. The van der Waals surface area contributed by atoms with E-state index in [1.54, 1.807) is 6.92 Å². The molecule has 0 aromatic heterocycles. The standard InChI is InChI=1S/C14H23NO3/c1-8(9(2)12(17)18)11(16)15-7-10-13(3,4)14(10,5)6/h10H,7H2,1-6H3,(H,15,16)(H,17,18). The van der Waals surface area contributed by atoms with Gasteiger partial charge in [-0.15, -0.1) is 0 Å². The van der Waals surface area contributed by atoms with Crippen LogP contribution in [0.3, 0.4) is 0 Å². The number of carbonyl (C=O) groups is 2. The molecule has 0 aliphatic heterocycles. The molecule has 0 aromatic rings. The number of aliphatic carboxylic acids is 1. The molecule has 4 heteroatoms. The maximum atomic E-state index is 11.8. The number of carbonyl (C=O) groups excluding carboxylic acids is 1. The summed E-state index contributed by atoms with van der Waals surface area (Å²) in [5, 5.41) is 11.7. The average molecular weight is 253 g/mol. The predicted molar refractivity (Wildman–Crippen MR) is 70.1 cm³/mol. The molecule has 0 unspecified atom stereocenters. The topological polar surface area (TPSA) is 66.4 Å². The third kappa shape index (κ3) is 2.28. The lowest BCUT2D eigenvalue weighted by atomic mass is 10.0. The van der Waals surface area contributed by atoms with Gasteiger partial charge in [-0.1, -0.05) is 27.7 Å². The third-order valence-corrected chi connectivity index (χ3v) is 5.01. The average Bonchev–Trinajstić information content (AvgIpc) is 2.64. The van der Waals surface area contributed by atoms with Gasteiger partial charge in [0.2, 0.25) is 5.91 Å². The van der Waals surface area contributed by atoms with Gasteiger partial charge in [-0.3, -0.25) is 4.79 Å². The van der Waals surface area contributed by atoms with Crippen molar-refractivity contribution in [1.29, 1.82) is 0 Å². The maximum Gasteiger partial charge on any atom is 0.331 e. The van der Waals surface area contributed by atoms with Gasteiger partial charge >= 0.3 is 5.97 Å². The second-order valence-electron chi connectivity index (χ2n) is 6.26. The molecular formula is C14H23NO3. The van der Waals surface area contributed by atoms with E-state index in [2.05, 4.69) is 33.0 Å². The van der Waals surface area contributed by atoms with E-state index in [9.17, 15) is 9.59 Å². The Labute approximate surface area is 108 Å². The maximum absolute atomic E-state index is 11.8. The molecule has 1 saturated carbocycles. The van der Waals surface area contributed by atoms with Crippen LogP contribution in [0, 0.1) is 16.7 Å². The summed E-state index contributed by atoms with van der Waals surface area (Å²) in [6, 6.07) is 0. The molecule has 18 heavy (non-hydrogen) atoms. The Morgan fingerprint density at radius 3 is 1.83 bits per heavy atom. The van der Waals surface area contributed by atoms with Crippen LogP contribution in [-0.2, 0) is 9.59 Å². The molecule has 102 valence electrons. The first-order chi connectivity index (χ1) is 8.03. The molecule has 1 aliphatic carbocycles. The molecule has 4 nitrogen and oxygen atoms in total. The summed E-state index contributed by atoms with van der Waals surface area (Å²) < 4.78 is 0. The quantitative estimate of drug-likeness (QED) is 0.755. The minimum atomic E-state index is -1.05. The normalized spacial score (nSPS) is 22.1. The highest BCUT2D eigenvalue weighted by atomic mass is 16.4. The summed E-state index contributed by atoms with van der Waals surface area (Å²) in [5.41, 5.74) is 0.819. The van der Waals surface area contributed by atoms with Crippen LogP contribution in [0.25, 0.3) is 0 Å². The Kier molecular flexibility index (Phi) is 3.61. The van der Waals surface area contributed by atoms with Gasteiger partial charge in [-0.2, -0.15) is 0 Å². The fourth-order valence-corrected chi connectivity index (χ4v) is 2.50. The molecule has 0 heterocycles. The number of nitrogens with one attached hydrogen (secondary N) is 1. The van der Waals surface area contributed by atoms with Crippen molar-refractivity contribution in [2.24, 2.45) is 16.7 Å². The van der Waals surface area contributed by atoms with Crippen molar-refractivity contribution in [1.82, 2.24) is 5.32 Å². The van der Waals surface area contributed by atoms with Gasteiger partial charge in [0, 0.05) is 17.7 Å². The largest absolute Gasteiger partial charge is 0.478 e. The van der Waals surface area contributed by atoms with Crippen molar-refractivity contribution in [3.8, 4) is 0 Å². The third-order valence-electron chi connectivity index (χ3n) is 5.01. The number of rotatable bonds is 4. The first kappa shape index (κ1) is 14.7. The number of hydrogen-bond donors (Lipinski definition) is 2. The van der Waals surface area contributed by atoms with Gasteiger partial charge in [0.15, 0.2) is 0 Å². The molecule has 1 rings (SSSR count). The van der Waals surface area contributed by atoms with Crippen LogP contribution < -0.4 is 5.32 Å². The van der Waals surface area contributed by atoms with Gasteiger partial charge in [-0.25, -0.2) is 4.79 Å². The summed E-state index contributed by atoms with van der Waals surface area (Å²) in [5.74, 6) is -0.894. The van der Waals surface area contributed by atoms with Crippen LogP contribution >= 0.6 is 0 Å². The number of carboxylic acid groups (broad SMARTS) is 1. The molecule has 0 atom stereocenters. The van der Waals surface area contributed by atoms with E-state index in [4.69, 9.17) is 5.11 Å². The minimum absolute atomic E-state index is 0.0989. The van der Waals surface area contributed by atoms with E-state index < -0.39 is 5.97 Å². The van der Waals surface area contributed by atoms with E-state index >= 15 is 0 Å². The fraction of sp³-hybridized carbons (Fsp3) is 0.714. The molecule has 0 aromatic carbocycles. The summed E-state index contributed by atoms with van der Waals surface area (Å²) in [6.45, 7) is 12.3. The monoisotopic (exact) mass is 253 g/mol. The van der Waals surface area contributed by atoms with E-state index in [0.29, 0.717) is 12.5 Å². The highest BCUT2D eigenvalue weighted by Crippen LogP contribution is 2.67. The van der Waals surface area contributed by atoms with Crippen molar-refractivity contribution in [2.75, 3.05) is 6.54 Å². The molecule has 1 aliphatic rings. The minimum Gasteiger partial charge on any atom is -0.478 e. The number of hydrogen-bond acceptors (Lipinski definition) is 2. The smallest absolute Gasteiger partial charge is 0.331 e. The summed E-state index contributed by atoms with van der Waals surface area (Å²) >= 11 is 0. The Morgan fingerprint density at radius 2 is 1.50 bits per heavy atom. The zero-order valence-electron chi connectivity index (χ0n) is 12.0. The van der Waals surface area contributed by atoms with Gasteiger partial charge in [0.05, 0.1) is 0 Å². The SMILES string of the molecule is CC(C(=O)O)=C(C)C(=O)NCC1C(C)(C)C1(C)C. The van der Waals surface area contributed by atoms with Crippen molar-refractivity contribution in [3.63, 3.8) is 0 Å². The predicted octanol–water partition coefficient (Wildman–Crippen LogP) is 2.21. The summed E-state index contributed by atoms with van der Waals surface area (Å²) in [7, 11) is 0. The van der Waals surface area contributed by atoms with E-state index in [1.807, 2.05) is 0 Å². The van der Waals surface area contributed by atoms with Crippen molar-refractivity contribution in [2.45, 2.75) is 41.5 Å².